The fourth-order valence-corrected chi connectivity index (χ4v) is 4.78. The molecular weight excluding hydrogens is 454 g/mol. The predicted octanol–water partition coefficient (Wildman–Crippen LogP) is 5.27. The first kappa shape index (κ1) is 23.0. The number of carbonyl (C=O) groups excluding carboxylic acids is 1. The Morgan fingerprint density at radius 1 is 1.06 bits per heavy atom. The molecular formula is C24H25N5O2S2. The molecule has 7 nitrogen and oxygen atoms in total. The van der Waals surface area contributed by atoms with Gasteiger partial charge in [-0.1, -0.05) is 47.7 Å². The van der Waals surface area contributed by atoms with E-state index in [9.17, 15) is 4.79 Å². The molecule has 4 rings (SSSR count). The summed E-state index contributed by atoms with van der Waals surface area (Å²) in [5.74, 6) is 1.57. The first-order chi connectivity index (χ1) is 15.9. The Kier molecular flexibility index (Phi) is 7.10. The van der Waals surface area contributed by atoms with Crippen molar-refractivity contribution in [2.75, 3.05) is 11.1 Å². The standard InChI is InChI=1S/C24H25N5O2S2/c1-15-8-10-19(11-9-15)29-20(12-31-22-16(2)6-5-7-17(22)3)27-28-24(29)33-14-21(30)26-23-25-18(4)13-32-23/h5-11,13H,12,14H2,1-4H3,(H,25,26,30). The van der Waals surface area contributed by atoms with Crippen LogP contribution in [0.3, 0.4) is 0 Å². The highest BCUT2D eigenvalue weighted by Crippen LogP contribution is 2.26. The Labute approximate surface area is 201 Å². The van der Waals surface area contributed by atoms with Gasteiger partial charge in [-0.3, -0.25) is 9.36 Å². The molecule has 4 aromatic rings. The summed E-state index contributed by atoms with van der Waals surface area (Å²) in [7, 11) is 0. The summed E-state index contributed by atoms with van der Waals surface area (Å²) in [6.45, 7) is 8.25. The number of thioether (sulfide) groups is 1. The van der Waals surface area contributed by atoms with E-state index < -0.39 is 0 Å². The van der Waals surface area contributed by atoms with Crippen molar-refractivity contribution < 1.29 is 9.53 Å². The number of benzene rings is 2. The minimum Gasteiger partial charge on any atom is -0.485 e. The van der Waals surface area contributed by atoms with E-state index in [1.807, 2.05) is 80.1 Å². The van der Waals surface area contributed by atoms with Gasteiger partial charge in [-0.25, -0.2) is 4.98 Å². The Hall–Kier alpha value is -3.17. The number of hydrogen-bond acceptors (Lipinski definition) is 7. The molecule has 1 N–H and O–H groups in total. The van der Waals surface area contributed by atoms with Crippen LogP contribution in [0.1, 0.15) is 28.2 Å². The summed E-state index contributed by atoms with van der Waals surface area (Å²) >= 11 is 2.74. The largest absolute Gasteiger partial charge is 0.485 e. The van der Waals surface area contributed by atoms with Gasteiger partial charge in [0, 0.05) is 11.1 Å². The van der Waals surface area contributed by atoms with Crippen LogP contribution in [0.5, 0.6) is 5.75 Å². The van der Waals surface area contributed by atoms with E-state index in [0.717, 1.165) is 33.8 Å². The van der Waals surface area contributed by atoms with Gasteiger partial charge in [-0.2, -0.15) is 0 Å². The van der Waals surface area contributed by atoms with Gasteiger partial charge in [0.05, 0.1) is 11.4 Å². The maximum absolute atomic E-state index is 12.4. The Balaban J connectivity index is 1.54. The molecule has 33 heavy (non-hydrogen) atoms. The normalized spacial score (nSPS) is 10.9. The third-order valence-electron chi connectivity index (χ3n) is 4.94. The maximum Gasteiger partial charge on any atom is 0.236 e. The van der Waals surface area contributed by atoms with Gasteiger partial charge in [-0.15, -0.1) is 21.5 Å². The number of anilines is 1. The van der Waals surface area contributed by atoms with E-state index in [1.54, 1.807) is 0 Å². The van der Waals surface area contributed by atoms with E-state index in [4.69, 9.17) is 4.74 Å². The van der Waals surface area contributed by atoms with Gasteiger partial charge in [0.2, 0.25) is 5.91 Å². The van der Waals surface area contributed by atoms with Crippen LogP contribution in [0, 0.1) is 27.7 Å². The first-order valence-electron chi connectivity index (χ1n) is 10.5. The zero-order valence-electron chi connectivity index (χ0n) is 19.0. The molecule has 0 aliphatic rings. The molecule has 2 aromatic carbocycles. The van der Waals surface area contributed by atoms with Crippen LogP contribution < -0.4 is 10.1 Å². The van der Waals surface area contributed by atoms with Crippen LogP contribution in [0.15, 0.2) is 53.0 Å². The smallest absolute Gasteiger partial charge is 0.236 e. The Morgan fingerprint density at radius 3 is 2.45 bits per heavy atom. The van der Waals surface area contributed by atoms with Crippen molar-refractivity contribution in [3.8, 4) is 11.4 Å². The molecule has 0 radical (unpaired) electrons. The number of hydrogen-bond donors (Lipinski definition) is 1. The summed E-state index contributed by atoms with van der Waals surface area (Å²) in [4.78, 5) is 16.7. The molecule has 0 aliphatic carbocycles. The van der Waals surface area contributed by atoms with Crippen molar-refractivity contribution in [3.63, 3.8) is 0 Å². The summed E-state index contributed by atoms with van der Waals surface area (Å²) in [6, 6.07) is 14.2. The Morgan fingerprint density at radius 2 is 1.79 bits per heavy atom. The minimum atomic E-state index is -0.138. The summed E-state index contributed by atoms with van der Waals surface area (Å²) in [5.41, 5.74) is 5.10. The van der Waals surface area contributed by atoms with Gasteiger partial charge in [0.25, 0.3) is 0 Å². The lowest BCUT2D eigenvalue weighted by Crippen LogP contribution is -2.14. The number of aryl methyl sites for hydroxylation is 4. The summed E-state index contributed by atoms with van der Waals surface area (Å²) in [6.07, 6.45) is 0. The van der Waals surface area contributed by atoms with Gasteiger partial charge in [0.1, 0.15) is 12.4 Å². The van der Waals surface area contributed by atoms with Crippen molar-refractivity contribution in [2.45, 2.75) is 39.5 Å². The van der Waals surface area contributed by atoms with Gasteiger partial charge >= 0.3 is 0 Å². The molecule has 0 atom stereocenters. The average Bonchev–Trinajstić information content (AvgIpc) is 3.38. The number of nitrogens with one attached hydrogen (secondary N) is 1. The molecule has 0 aliphatic heterocycles. The quantitative estimate of drug-likeness (QED) is 0.347. The lowest BCUT2D eigenvalue weighted by Gasteiger charge is -2.14. The zero-order valence-corrected chi connectivity index (χ0v) is 20.6. The van der Waals surface area contributed by atoms with Crippen molar-refractivity contribution in [2.24, 2.45) is 0 Å². The molecule has 2 aromatic heterocycles. The average molecular weight is 480 g/mol. The summed E-state index contributed by atoms with van der Waals surface area (Å²) in [5, 5.41) is 14.7. The van der Waals surface area contributed by atoms with Crippen molar-refractivity contribution in [3.05, 3.63) is 76.1 Å². The number of ether oxygens (including phenoxy) is 1. The monoisotopic (exact) mass is 479 g/mol. The fraction of sp³-hybridized carbons (Fsp3) is 0.250. The molecule has 0 saturated heterocycles. The molecule has 0 saturated carbocycles. The molecule has 0 bridgehead atoms. The topological polar surface area (TPSA) is 81.9 Å². The highest BCUT2D eigenvalue weighted by molar-refractivity contribution is 7.99. The van der Waals surface area contributed by atoms with E-state index >= 15 is 0 Å². The van der Waals surface area contributed by atoms with Crippen LogP contribution in [-0.4, -0.2) is 31.4 Å². The number of thiazole rings is 1. The number of nitrogens with zero attached hydrogens (tertiary/aromatic N) is 4. The van der Waals surface area contributed by atoms with Gasteiger partial charge < -0.3 is 10.1 Å². The van der Waals surface area contributed by atoms with Crippen molar-refractivity contribution in [1.82, 2.24) is 19.7 Å². The third-order valence-corrected chi connectivity index (χ3v) is 6.75. The number of aromatic nitrogens is 4. The number of carbonyl (C=O) groups is 1. The van der Waals surface area contributed by atoms with E-state index in [2.05, 4.69) is 20.5 Å². The lowest BCUT2D eigenvalue weighted by atomic mass is 10.1. The van der Waals surface area contributed by atoms with Crippen molar-refractivity contribution >= 4 is 34.1 Å². The van der Waals surface area contributed by atoms with Crippen molar-refractivity contribution in [1.29, 1.82) is 0 Å². The van der Waals surface area contributed by atoms with Crippen LogP contribution in [-0.2, 0) is 11.4 Å². The number of para-hydroxylation sites is 1. The highest BCUT2D eigenvalue weighted by Gasteiger charge is 2.17. The first-order valence-corrected chi connectivity index (χ1v) is 12.3. The minimum absolute atomic E-state index is 0.138. The van der Waals surface area contributed by atoms with Crippen LogP contribution in [0.2, 0.25) is 0 Å². The Bertz CT molecular complexity index is 1240. The van der Waals surface area contributed by atoms with E-state index in [-0.39, 0.29) is 18.3 Å². The molecule has 0 spiro atoms. The molecule has 0 fully saturated rings. The second-order valence-electron chi connectivity index (χ2n) is 7.71. The van der Waals surface area contributed by atoms with Crippen LogP contribution in [0.4, 0.5) is 5.13 Å². The third kappa shape index (κ3) is 5.61. The number of rotatable bonds is 8. The second-order valence-corrected chi connectivity index (χ2v) is 9.51. The highest BCUT2D eigenvalue weighted by atomic mass is 32.2. The van der Waals surface area contributed by atoms with Gasteiger partial charge in [0.15, 0.2) is 16.1 Å². The van der Waals surface area contributed by atoms with Crippen LogP contribution in [0.25, 0.3) is 5.69 Å². The van der Waals surface area contributed by atoms with Gasteiger partial charge in [-0.05, 0) is 51.0 Å². The van der Waals surface area contributed by atoms with E-state index in [0.29, 0.717) is 16.1 Å². The molecule has 170 valence electrons. The predicted molar refractivity (Wildman–Crippen MR) is 133 cm³/mol. The molecule has 9 heteroatoms. The fourth-order valence-electron chi connectivity index (χ4n) is 3.30. The maximum atomic E-state index is 12.4. The second kappa shape index (κ2) is 10.2. The number of amides is 1. The summed E-state index contributed by atoms with van der Waals surface area (Å²) < 4.78 is 8.08. The molecule has 1 amide bonds. The zero-order chi connectivity index (χ0) is 23.4. The van der Waals surface area contributed by atoms with Crippen LogP contribution >= 0.6 is 23.1 Å². The SMILES string of the molecule is Cc1ccc(-n2c(COc3c(C)cccc3C)nnc2SCC(=O)Nc2nc(C)cs2)cc1. The molecule has 0 unspecified atom stereocenters. The lowest BCUT2D eigenvalue weighted by molar-refractivity contribution is -0.113. The van der Waals surface area contributed by atoms with E-state index in [1.165, 1.54) is 23.1 Å². The molecule has 2 heterocycles.